The molecule has 0 aliphatic heterocycles. The maximum Gasteiger partial charge on any atom is 0.309 e. The fourth-order valence-corrected chi connectivity index (χ4v) is 13.5. The highest BCUT2D eigenvalue weighted by atomic mass is 19.1. The third kappa shape index (κ3) is 6.31. The number of aliphatic carboxylic acids is 1. The first-order valence-electron chi connectivity index (χ1n) is 21.3. The number of likely N-dealkylation sites (N-methyl/N-ethyl adjacent to an activating group) is 1. The summed E-state index contributed by atoms with van der Waals surface area (Å²) in [6, 6.07) is 0. The van der Waals surface area contributed by atoms with Crippen molar-refractivity contribution in [3.63, 3.8) is 0 Å². The monoisotopic (exact) mass is 789 g/mol. The minimum atomic E-state index is -1.18. The Labute approximate surface area is 338 Å². The number of halogens is 1. The number of hydrogen-bond acceptors (Lipinski definition) is 9. The fourth-order valence-electron chi connectivity index (χ4n) is 13.5. The first kappa shape index (κ1) is 41.6. The van der Waals surface area contributed by atoms with Gasteiger partial charge in [0.1, 0.15) is 11.9 Å². The zero-order chi connectivity index (χ0) is 41.7. The van der Waals surface area contributed by atoms with Crippen LogP contribution < -0.4 is 0 Å². The van der Waals surface area contributed by atoms with Crippen molar-refractivity contribution in [2.24, 2.45) is 50.7 Å². The van der Waals surface area contributed by atoms with E-state index in [1.54, 1.807) is 13.8 Å². The number of carboxylic acid groups (broad SMARTS) is 1. The summed E-state index contributed by atoms with van der Waals surface area (Å²) in [6.07, 6.45) is 9.87. The number of carbonyl (C=O) groups excluding carboxylic acids is 2. The van der Waals surface area contributed by atoms with Crippen LogP contribution in [0.25, 0.3) is 11.6 Å². The van der Waals surface area contributed by atoms with E-state index in [4.69, 9.17) is 14.9 Å². The van der Waals surface area contributed by atoms with Crippen LogP contribution in [0.2, 0.25) is 0 Å². The minimum Gasteiger partial charge on any atom is -0.481 e. The Morgan fingerprint density at radius 1 is 0.965 bits per heavy atom. The molecule has 5 aliphatic carbocycles. The van der Waals surface area contributed by atoms with Crippen LogP contribution in [0.4, 0.5) is 4.39 Å². The molecule has 0 radical (unpaired) electrons. The number of ketones is 1. The van der Waals surface area contributed by atoms with Gasteiger partial charge in [-0.05, 0) is 130 Å². The molecule has 7 rings (SSSR count). The molecule has 0 aromatic carbocycles. The average molecular weight is 789 g/mol. The normalized spacial score (nSPS) is 34.8. The lowest BCUT2D eigenvalue weighted by Gasteiger charge is -2.72. The summed E-state index contributed by atoms with van der Waals surface area (Å²) in [6.45, 7) is 20.9. The predicted octanol–water partition coefficient (Wildman–Crippen LogP) is 8.08. The Bertz CT molecular complexity index is 1970. The van der Waals surface area contributed by atoms with Gasteiger partial charge in [-0.15, -0.1) is 10.2 Å². The number of Topliss-reactive ketones (excluding diaryl/α,β-unsaturated/α-hetero) is 1. The van der Waals surface area contributed by atoms with Gasteiger partial charge < -0.3 is 19.3 Å². The van der Waals surface area contributed by atoms with Crippen LogP contribution in [-0.4, -0.2) is 79.2 Å². The molecule has 0 saturated heterocycles. The van der Waals surface area contributed by atoms with E-state index in [1.807, 2.05) is 14.1 Å². The SMILES string of the molecule is CC(C)C1=C2[C@H]3CC[C@@H]4[C@@]5(C)CC[C@H](OC(=O)CC(C)(C)C(=O)O)C(C)(C)C5CC[C@@]4(C)[C@]3(C)CC[C@@]2(c2nnc(-c3ncc(F)cn3)n2CCN(C)C)CC1=O. The Morgan fingerprint density at radius 3 is 2.28 bits per heavy atom. The Morgan fingerprint density at radius 2 is 1.65 bits per heavy atom. The quantitative estimate of drug-likeness (QED) is 0.235. The molecule has 57 heavy (non-hydrogen) atoms. The molecule has 1 unspecified atom stereocenters. The summed E-state index contributed by atoms with van der Waals surface area (Å²) in [5.41, 5.74) is 0.175. The molecule has 2 aromatic heterocycles. The minimum absolute atomic E-state index is 0.00483. The van der Waals surface area contributed by atoms with E-state index in [0.29, 0.717) is 36.5 Å². The fraction of sp³-hybridized carbons (Fsp3) is 0.756. The molecule has 1 N–H and O–H groups in total. The molecular formula is C45H65FN6O5. The Kier molecular flexibility index (Phi) is 10.3. The van der Waals surface area contributed by atoms with Crippen LogP contribution in [-0.2, 0) is 31.1 Å². The van der Waals surface area contributed by atoms with Crippen LogP contribution in [0.3, 0.4) is 0 Å². The number of nitrogens with zero attached hydrogens (tertiary/aromatic N) is 6. The first-order chi connectivity index (χ1) is 26.5. The lowest BCUT2D eigenvalue weighted by Crippen LogP contribution is -2.66. The van der Waals surface area contributed by atoms with Crippen molar-refractivity contribution in [3.05, 3.63) is 35.2 Å². The Hall–Kier alpha value is -3.54. The van der Waals surface area contributed by atoms with Crippen molar-refractivity contribution >= 4 is 17.7 Å². The van der Waals surface area contributed by atoms with Crippen molar-refractivity contribution in [2.75, 3.05) is 20.6 Å². The van der Waals surface area contributed by atoms with Crippen molar-refractivity contribution in [2.45, 2.75) is 145 Å². The molecule has 0 amide bonds. The molecule has 0 bridgehead atoms. The van der Waals surface area contributed by atoms with Gasteiger partial charge in [-0.2, -0.15) is 0 Å². The highest BCUT2D eigenvalue weighted by Crippen LogP contribution is 2.76. The lowest BCUT2D eigenvalue weighted by molar-refractivity contribution is -0.232. The number of ether oxygens (including phenoxy) is 1. The van der Waals surface area contributed by atoms with Crippen LogP contribution in [0, 0.1) is 56.6 Å². The van der Waals surface area contributed by atoms with Gasteiger partial charge in [0.05, 0.1) is 29.6 Å². The van der Waals surface area contributed by atoms with Gasteiger partial charge in [0.25, 0.3) is 0 Å². The molecule has 5 aliphatic rings. The number of carboxylic acids is 1. The molecule has 2 aromatic rings. The molecule has 4 saturated carbocycles. The zero-order valence-corrected chi connectivity index (χ0v) is 36.2. The van der Waals surface area contributed by atoms with Crippen molar-refractivity contribution < 1.29 is 28.6 Å². The van der Waals surface area contributed by atoms with Crippen molar-refractivity contribution in [1.29, 1.82) is 0 Å². The number of esters is 1. The van der Waals surface area contributed by atoms with Gasteiger partial charge in [-0.25, -0.2) is 14.4 Å². The maximum atomic E-state index is 14.5. The van der Waals surface area contributed by atoms with E-state index in [9.17, 15) is 23.9 Å². The number of allylic oxidation sites excluding steroid dienone is 2. The summed E-state index contributed by atoms with van der Waals surface area (Å²) < 4.78 is 22.3. The Balaban J connectivity index is 1.25. The number of fused-ring (bicyclic) bond motifs is 7. The standard InChI is InChI=1S/C45H65FN6O5/c1-26(2)34-29(53)22-45(38-50-49-37(52(38)21-20-51(10)11)36-47-24-27(46)25-48-36)19-18-43(8)28(35(34)45)12-13-31-42(7)16-15-32(57-33(54)23-40(3,4)39(55)56)41(5,6)30(42)14-17-44(31,43)9/h24-26,28,30-32H,12-23H2,1-11H3,(H,55,56)/t28-,30?,31-,32+,42+,43-,44-,45-/m1/s1. The van der Waals surface area contributed by atoms with E-state index in [-0.39, 0.29) is 51.8 Å². The summed E-state index contributed by atoms with van der Waals surface area (Å²) in [4.78, 5) is 50.2. The largest absolute Gasteiger partial charge is 0.481 e. The second kappa shape index (κ2) is 14.0. The van der Waals surface area contributed by atoms with Crippen molar-refractivity contribution in [3.8, 4) is 11.6 Å². The van der Waals surface area contributed by atoms with Gasteiger partial charge in [-0.3, -0.25) is 14.4 Å². The van der Waals surface area contributed by atoms with E-state index < -0.39 is 28.6 Å². The predicted molar refractivity (Wildman–Crippen MR) is 214 cm³/mol. The maximum absolute atomic E-state index is 14.5. The van der Waals surface area contributed by atoms with E-state index in [0.717, 1.165) is 81.7 Å². The molecule has 312 valence electrons. The van der Waals surface area contributed by atoms with Gasteiger partial charge in [-0.1, -0.05) is 48.5 Å². The number of hydrogen-bond donors (Lipinski definition) is 1. The molecular weight excluding hydrogens is 724 g/mol. The van der Waals surface area contributed by atoms with Gasteiger partial charge >= 0.3 is 11.9 Å². The third-order valence-electron chi connectivity index (χ3n) is 16.6. The topological polar surface area (TPSA) is 140 Å². The van der Waals surface area contributed by atoms with E-state index in [1.165, 1.54) is 5.57 Å². The average Bonchev–Trinajstić information content (AvgIpc) is 3.68. The zero-order valence-electron chi connectivity index (χ0n) is 36.2. The first-order valence-corrected chi connectivity index (χ1v) is 21.3. The van der Waals surface area contributed by atoms with Crippen LogP contribution >= 0.6 is 0 Å². The van der Waals surface area contributed by atoms with Crippen molar-refractivity contribution in [1.82, 2.24) is 29.6 Å². The molecule has 2 heterocycles. The second-order valence-electron chi connectivity index (χ2n) is 21.0. The van der Waals surface area contributed by atoms with Gasteiger partial charge in [0.15, 0.2) is 17.4 Å². The summed E-state index contributed by atoms with van der Waals surface area (Å²) in [5.74, 6) is 0.940. The highest BCUT2D eigenvalue weighted by molar-refractivity contribution is 6.01. The summed E-state index contributed by atoms with van der Waals surface area (Å²) >= 11 is 0. The molecule has 12 heteroatoms. The molecule has 4 fully saturated rings. The van der Waals surface area contributed by atoms with E-state index in [2.05, 4.69) is 67.9 Å². The van der Waals surface area contributed by atoms with Crippen LogP contribution in [0.1, 0.15) is 132 Å². The smallest absolute Gasteiger partial charge is 0.309 e. The molecule has 0 spiro atoms. The second-order valence-corrected chi connectivity index (χ2v) is 21.0. The lowest BCUT2D eigenvalue weighted by atomic mass is 9.33. The molecule has 8 atom stereocenters. The number of rotatable bonds is 10. The molecule has 11 nitrogen and oxygen atoms in total. The van der Waals surface area contributed by atoms with Gasteiger partial charge in [0, 0.05) is 24.9 Å². The summed E-state index contributed by atoms with van der Waals surface area (Å²) in [7, 11) is 4.06. The number of carbonyl (C=O) groups is 3. The number of aromatic nitrogens is 5. The highest BCUT2D eigenvalue weighted by Gasteiger charge is 2.71. The summed E-state index contributed by atoms with van der Waals surface area (Å²) in [5, 5.41) is 19.3. The van der Waals surface area contributed by atoms with Gasteiger partial charge in [0.2, 0.25) is 5.82 Å². The van der Waals surface area contributed by atoms with Crippen LogP contribution in [0.5, 0.6) is 0 Å². The van der Waals surface area contributed by atoms with Crippen LogP contribution in [0.15, 0.2) is 23.5 Å². The van der Waals surface area contributed by atoms with E-state index >= 15 is 0 Å². The third-order valence-corrected chi connectivity index (χ3v) is 16.6.